The van der Waals surface area contributed by atoms with Crippen LogP contribution < -0.4 is 4.31 Å². The van der Waals surface area contributed by atoms with E-state index < -0.39 is 10.0 Å². The fourth-order valence-corrected chi connectivity index (χ4v) is 5.54. The summed E-state index contributed by atoms with van der Waals surface area (Å²) in [4.78, 5) is 5.05. The quantitative estimate of drug-likeness (QED) is 0.226. The number of halogens is 1. The SMILES string of the molecule is CS(=O)(=O)N(Cc1ccccc1)c1c(-c2ccccc2)c(-c2ccccc2)nc2ccc(Br)cc12. The van der Waals surface area contributed by atoms with Crippen molar-refractivity contribution in [2.75, 3.05) is 10.6 Å². The van der Waals surface area contributed by atoms with Crippen LogP contribution in [0.3, 0.4) is 0 Å². The summed E-state index contributed by atoms with van der Waals surface area (Å²) in [5.74, 6) is 0. The molecule has 174 valence electrons. The largest absolute Gasteiger partial charge is 0.265 e. The molecular formula is C29H23BrN2O2S. The molecule has 0 saturated carbocycles. The Bertz CT molecular complexity index is 1590. The molecule has 35 heavy (non-hydrogen) atoms. The molecule has 1 aromatic heterocycles. The van der Waals surface area contributed by atoms with E-state index in [0.717, 1.165) is 43.3 Å². The van der Waals surface area contributed by atoms with Crippen LogP contribution in [0.1, 0.15) is 5.56 Å². The molecule has 0 fully saturated rings. The highest BCUT2D eigenvalue weighted by molar-refractivity contribution is 9.10. The lowest BCUT2D eigenvalue weighted by atomic mass is 9.95. The summed E-state index contributed by atoms with van der Waals surface area (Å²) in [6.45, 7) is 0.208. The summed E-state index contributed by atoms with van der Waals surface area (Å²) in [6.07, 6.45) is 1.26. The number of hydrogen-bond donors (Lipinski definition) is 0. The molecule has 4 nitrogen and oxygen atoms in total. The van der Waals surface area contributed by atoms with E-state index in [4.69, 9.17) is 4.98 Å². The van der Waals surface area contributed by atoms with Gasteiger partial charge in [0.2, 0.25) is 10.0 Å². The summed E-state index contributed by atoms with van der Waals surface area (Å²) in [5.41, 5.74) is 5.59. The molecule has 5 aromatic rings. The molecule has 0 bridgehead atoms. The number of anilines is 1. The normalized spacial score (nSPS) is 11.5. The maximum atomic E-state index is 13.4. The molecule has 0 aliphatic heterocycles. The highest BCUT2D eigenvalue weighted by Gasteiger charge is 2.27. The van der Waals surface area contributed by atoms with Gasteiger partial charge in [0.25, 0.3) is 0 Å². The van der Waals surface area contributed by atoms with Crippen molar-refractivity contribution in [3.63, 3.8) is 0 Å². The zero-order chi connectivity index (χ0) is 24.4. The van der Waals surface area contributed by atoms with Crippen LogP contribution >= 0.6 is 15.9 Å². The second kappa shape index (κ2) is 9.64. The van der Waals surface area contributed by atoms with E-state index in [1.807, 2.05) is 109 Å². The minimum atomic E-state index is -3.66. The number of benzene rings is 4. The van der Waals surface area contributed by atoms with Gasteiger partial charge >= 0.3 is 0 Å². The van der Waals surface area contributed by atoms with Crippen molar-refractivity contribution in [1.29, 1.82) is 0 Å². The highest BCUT2D eigenvalue weighted by Crippen LogP contribution is 2.44. The van der Waals surface area contributed by atoms with Crippen LogP contribution in [-0.2, 0) is 16.6 Å². The van der Waals surface area contributed by atoms with Crippen LogP contribution in [0.5, 0.6) is 0 Å². The molecule has 0 saturated heterocycles. The van der Waals surface area contributed by atoms with Crippen LogP contribution in [-0.4, -0.2) is 19.7 Å². The van der Waals surface area contributed by atoms with Crippen molar-refractivity contribution in [3.8, 4) is 22.4 Å². The predicted molar refractivity (Wildman–Crippen MR) is 148 cm³/mol. The molecule has 4 aromatic carbocycles. The zero-order valence-electron chi connectivity index (χ0n) is 19.1. The van der Waals surface area contributed by atoms with Crippen molar-refractivity contribution in [2.24, 2.45) is 0 Å². The first-order chi connectivity index (χ1) is 16.9. The van der Waals surface area contributed by atoms with Crippen molar-refractivity contribution in [2.45, 2.75) is 6.54 Å². The number of pyridine rings is 1. The van der Waals surface area contributed by atoms with Gasteiger partial charge in [-0.05, 0) is 29.3 Å². The third-order valence-corrected chi connectivity index (χ3v) is 7.45. The van der Waals surface area contributed by atoms with Gasteiger partial charge in [0.1, 0.15) is 0 Å². The standard InChI is InChI=1S/C29H23BrN2O2S/c1-35(33,34)32(20-21-11-5-2-6-12-21)29-25-19-24(30)17-18-26(25)31-28(23-15-9-4-10-16-23)27(29)22-13-7-3-8-14-22/h2-19H,20H2,1H3. The van der Waals surface area contributed by atoms with Gasteiger partial charge in [-0.1, -0.05) is 107 Å². The first-order valence-corrected chi connectivity index (χ1v) is 13.8. The maximum absolute atomic E-state index is 13.4. The van der Waals surface area contributed by atoms with Crippen molar-refractivity contribution >= 4 is 42.5 Å². The fraction of sp³-hybridized carbons (Fsp3) is 0.0690. The van der Waals surface area contributed by atoms with Crippen LogP contribution in [0.4, 0.5) is 5.69 Å². The minimum absolute atomic E-state index is 0.208. The van der Waals surface area contributed by atoms with Crippen molar-refractivity contribution in [3.05, 3.63) is 119 Å². The van der Waals surface area contributed by atoms with Gasteiger partial charge in [-0.25, -0.2) is 13.4 Å². The lowest BCUT2D eigenvalue weighted by molar-refractivity contribution is 0.596. The smallest absolute Gasteiger partial charge is 0.232 e. The molecule has 6 heteroatoms. The summed E-state index contributed by atoms with van der Waals surface area (Å²) in [6, 6.07) is 35.2. The van der Waals surface area contributed by atoms with Gasteiger partial charge in [-0.2, -0.15) is 0 Å². The van der Waals surface area contributed by atoms with E-state index >= 15 is 0 Å². The molecule has 0 unspecified atom stereocenters. The number of sulfonamides is 1. The van der Waals surface area contributed by atoms with Gasteiger partial charge in [0.05, 0.1) is 29.7 Å². The molecule has 1 heterocycles. The molecule has 5 rings (SSSR count). The number of rotatable bonds is 6. The molecule has 0 N–H and O–H groups in total. The van der Waals surface area contributed by atoms with E-state index in [-0.39, 0.29) is 6.54 Å². The monoisotopic (exact) mass is 542 g/mol. The van der Waals surface area contributed by atoms with Gasteiger partial charge in [0, 0.05) is 21.0 Å². The zero-order valence-corrected chi connectivity index (χ0v) is 21.5. The average molecular weight is 543 g/mol. The van der Waals surface area contributed by atoms with Crippen LogP contribution in [0.2, 0.25) is 0 Å². The van der Waals surface area contributed by atoms with Crippen molar-refractivity contribution < 1.29 is 8.42 Å². The first-order valence-electron chi connectivity index (χ1n) is 11.2. The Morgan fingerprint density at radius 3 is 1.94 bits per heavy atom. The molecule has 0 radical (unpaired) electrons. The van der Waals surface area contributed by atoms with E-state index in [2.05, 4.69) is 15.9 Å². The van der Waals surface area contributed by atoms with Crippen LogP contribution in [0.25, 0.3) is 33.3 Å². The van der Waals surface area contributed by atoms with Gasteiger partial charge in [-0.15, -0.1) is 0 Å². The number of nitrogens with zero attached hydrogens (tertiary/aromatic N) is 2. The van der Waals surface area contributed by atoms with E-state index in [1.165, 1.54) is 10.6 Å². The Kier molecular flexibility index (Phi) is 6.41. The van der Waals surface area contributed by atoms with Crippen molar-refractivity contribution in [1.82, 2.24) is 4.98 Å². The Labute approximate surface area is 214 Å². The second-order valence-corrected chi connectivity index (χ2v) is 11.2. The van der Waals surface area contributed by atoms with E-state index in [1.54, 1.807) is 0 Å². The Morgan fingerprint density at radius 1 is 0.771 bits per heavy atom. The third-order valence-electron chi connectivity index (χ3n) is 5.85. The third kappa shape index (κ3) is 4.85. The lowest BCUT2D eigenvalue weighted by Crippen LogP contribution is -2.30. The van der Waals surface area contributed by atoms with Crippen LogP contribution in [0.15, 0.2) is 114 Å². The molecule has 0 aliphatic carbocycles. The van der Waals surface area contributed by atoms with Gasteiger partial charge in [-0.3, -0.25) is 4.31 Å². The second-order valence-electron chi connectivity index (χ2n) is 8.33. The first kappa shape index (κ1) is 23.3. The summed E-state index contributed by atoms with van der Waals surface area (Å²) < 4.78 is 29.1. The molecular weight excluding hydrogens is 520 g/mol. The topological polar surface area (TPSA) is 50.3 Å². The lowest BCUT2D eigenvalue weighted by Gasteiger charge is -2.28. The molecule has 0 aliphatic rings. The summed E-state index contributed by atoms with van der Waals surface area (Å²) >= 11 is 3.58. The summed E-state index contributed by atoms with van der Waals surface area (Å²) in [5, 5.41) is 0.763. The fourth-order valence-electron chi connectivity index (χ4n) is 4.27. The number of hydrogen-bond acceptors (Lipinski definition) is 3. The molecule has 0 atom stereocenters. The number of aromatic nitrogens is 1. The number of fused-ring (bicyclic) bond motifs is 1. The Balaban J connectivity index is 1.93. The predicted octanol–water partition coefficient (Wildman–Crippen LogP) is 7.30. The molecule has 0 amide bonds. The maximum Gasteiger partial charge on any atom is 0.232 e. The van der Waals surface area contributed by atoms with E-state index in [0.29, 0.717) is 5.69 Å². The Morgan fingerprint density at radius 2 is 1.34 bits per heavy atom. The van der Waals surface area contributed by atoms with E-state index in [9.17, 15) is 8.42 Å². The highest BCUT2D eigenvalue weighted by atomic mass is 79.9. The Hall–Kier alpha value is -3.48. The summed E-state index contributed by atoms with van der Waals surface area (Å²) in [7, 11) is -3.66. The average Bonchev–Trinajstić information content (AvgIpc) is 2.87. The van der Waals surface area contributed by atoms with Gasteiger partial charge < -0.3 is 0 Å². The minimum Gasteiger partial charge on any atom is -0.265 e. The molecule has 0 spiro atoms. The van der Waals surface area contributed by atoms with Gasteiger partial charge in [0.15, 0.2) is 0 Å². The van der Waals surface area contributed by atoms with Crippen LogP contribution in [0, 0.1) is 0 Å².